The number of fused-ring (bicyclic) bond motifs is 1. The van der Waals surface area contributed by atoms with Crippen molar-refractivity contribution in [2.45, 2.75) is 17.9 Å². The Morgan fingerprint density at radius 1 is 1.17 bits per heavy atom. The van der Waals surface area contributed by atoms with E-state index in [2.05, 4.69) is 25.6 Å². The van der Waals surface area contributed by atoms with E-state index in [9.17, 15) is 8.42 Å². The third-order valence-electron chi connectivity index (χ3n) is 3.57. The molecule has 11 heteroatoms. The number of aromatic nitrogens is 7. The van der Waals surface area contributed by atoms with Crippen LogP contribution in [0.4, 0.5) is 5.95 Å². The van der Waals surface area contributed by atoms with Gasteiger partial charge in [-0.25, -0.2) is 22.1 Å². The lowest BCUT2D eigenvalue weighted by molar-refractivity contribution is 0.529. The van der Waals surface area contributed by atoms with Gasteiger partial charge < -0.3 is 0 Å². The first-order valence-electron chi connectivity index (χ1n) is 6.90. The molecule has 0 saturated heterocycles. The van der Waals surface area contributed by atoms with Crippen LogP contribution in [0.1, 0.15) is 6.42 Å². The molecular formula is C12H12N8O2S. The lowest BCUT2D eigenvalue weighted by Crippen LogP contribution is -2.38. The average molecular weight is 332 g/mol. The normalized spacial score (nSPS) is 14.7. The zero-order valence-corrected chi connectivity index (χ0v) is 12.7. The summed E-state index contributed by atoms with van der Waals surface area (Å²) in [6.07, 6.45) is 3.45. The second-order valence-electron chi connectivity index (χ2n) is 4.97. The Labute approximate surface area is 131 Å². The van der Waals surface area contributed by atoms with Crippen LogP contribution in [0.25, 0.3) is 5.69 Å². The SMILES string of the molecule is O=S(=O)(c1cccc(-n2cnnn2)c1)N1CCCn2ncnc21. The van der Waals surface area contributed by atoms with E-state index in [1.165, 1.54) is 27.7 Å². The molecule has 2 aromatic heterocycles. The van der Waals surface area contributed by atoms with Gasteiger partial charge in [-0.2, -0.15) is 10.1 Å². The zero-order chi connectivity index (χ0) is 15.9. The fourth-order valence-electron chi connectivity index (χ4n) is 2.49. The summed E-state index contributed by atoms with van der Waals surface area (Å²) < 4.78 is 30.2. The van der Waals surface area contributed by atoms with Crippen molar-refractivity contribution in [1.82, 2.24) is 35.0 Å². The average Bonchev–Trinajstić information content (AvgIpc) is 3.26. The molecule has 0 aliphatic carbocycles. The van der Waals surface area contributed by atoms with Crippen LogP contribution in [0.3, 0.4) is 0 Å². The summed E-state index contributed by atoms with van der Waals surface area (Å²) in [5, 5.41) is 14.9. The Morgan fingerprint density at radius 2 is 2.09 bits per heavy atom. The lowest BCUT2D eigenvalue weighted by Gasteiger charge is -2.27. The van der Waals surface area contributed by atoms with Gasteiger partial charge in [0.2, 0.25) is 5.95 Å². The van der Waals surface area contributed by atoms with Gasteiger partial charge in [0.1, 0.15) is 12.7 Å². The van der Waals surface area contributed by atoms with E-state index >= 15 is 0 Å². The second-order valence-corrected chi connectivity index (χ2v) is 6.83. The fraction of sp³-hybridized carbons (Fsp3) is 0.250. The molecule has 3 aromatic rings. The van der Waals surface area contributed by atoms with Crippen LogP contribution < -0.4 is 4.31 Å². The van der Waals surface area contributed by atoms with Gasteiger partial charge in [0.05, 0.1) is 10.6 Å². The number of sulfonamides is 1. The fourth-order valence-corrected chi connectivity index (χ4v) is 3.99. The molecule has 0 amide bonds. The highest BCUT2D eigenvalue weighted by Gasteiger charge is 2.31. The number of nitrogens with zero attached hydrogens (tertiary/aromatic N) is 8. The van der Waals surface area contributed by atoms with Crippen molar-refractivity contribution in [2.75, 3.05) is 10.8 Å². The molecule has 0 radical (unpaired) electrons. The molecule has 0 bridgehead atoms. The van der Waals surface area contributed by atoms with Gasteiger partial charge in [-0.15, -0.1) is 5.10 Å². The molecule has 10 nitrogen and oxygen atoms in total. The van der Waals surface area contributed by atoms with Gasteiger partial charge in [-0.05, 0) is 35.0 Å². The van der Waals surface area contributed by atoms with Crippen molar-refractivity contribution >= 4 is 16.0 Å². The molecule has 4 rings (SSSR count). The number of anilines is 1. The highest BCUT2D eigenvalue weighted by Crippen LogP contribution is 2.26. The smallest absolute Gasteiger partial charge is 0.234 e. The number of hydrogen-bond donors (Lipinski definition) is 0. The Hall–Kier alpha value is -2.82. The quantitative estimate of drug-likeness (QED) is 0.656. The Bertz CT molecular complexity index is 934. The molecule has 0 unspecified atom stereocenters. The van der Waals surface area contributed by atoms with Crippen LogP contribution >= 0.6 is 0 Å². The first-order valence-corrected chi connectivity index (χ1v) is 8.34. The molecular weight excluding hydrogens is 320 g/mol. The molecule has 0 N–H and O–H groups in total. The standard InChI is InChI=1S/C12H12N8O2S/c21-23(22,20-6-2-5-18-12(20)13-8-15-18)11-4-1-3-10(7-11)19-9-14-16-17-19/h1,3-4,7-9H,2,5-6H2. The van der Waals surface area contributed by atoms with E-state index in [4.69, 9.17) is 0 Å². The van der Waals surface area contributed by atoms with Crippen LogP contribution in [0.5, 0.6) is 0 Å². The lowest BCUT2D eigenvalue weighted by atomic mass is 10.3. The van der Waals surface area contributed by atoms with Gasteiger partial charge in [-0.1, -0.05) is 6.07 Å². The van der Waals surface area contributed by atoms with E-state index in [1.54, 1.807) is 22.9 Å². The Balaban J connectivity index is 1.77. The van der Waals surface area contributed by atoms with Gasteiger partial charge in [-0.3, -0.25) is 0 Å². The molecule has 23 heavy (non-hydrogen) atoms. The van der Waals surface area contributed by atoms with Gasteiger partial charge in [0.25, 0.3) is 10.0 Å². The van der Waals surface area contributed by atoms with Gasteiger partial charge in [0.15, 0.2) is 0 Å². The first-order chi connectivity index (χ1) is 11.2. The number of hydrogen-bond acceptors (Lipinski definition) is 7. The van der Waals surface area contributed by atoms with E-state index < -0.39 is 10.0 Å². The Kier molecular flexibility index (Phi) is 3.08. The molecule has 3 heterocycles. The number of aryl methyl sites for hydroxylation is 1. The third-order valence-corrected chi connectivity index (χ3v) is 5.34. The summed E-state index contributed by atoms with van der Waals surface area (Å²) in [5.41, 5.74) is 0.564. The molecule has 0 atom stereocenters. The van der Waals surface area contributed by atoms with Crippen molar-refractivity contribution in [3.63, 3.8) is 0 Å². The maximum Gasteiger partial charge on any atom is 0.266 e. The minimum atomic E-state index is -3.73. The minimum absolute atomic E-state index is 0.155. The first kappa shape index (κ1) is 13.8. The van der Waals surface area contributed by atoms with Crippen LogP contribution in [-0.4, -0.2) is 49.9 Å². The van der Waals surface area contributed by atoms with Crippen molar-refractivity contribution in [3.05, 3.63) is 36.9 Å². The predicted octanol–water partition coefficient (Wildman–Crippen LogP) is -0.147. The van der Waals surface area contributed by atoms with Gasteiger partial charge in [0, 0.05) is 13.1 Å². The molecule has 1 aliphatic rings. The van der Waals surface area contributed by atoms with Gasteiger partial charge >= 0.3 is 0 Å². The van der Waals surface area contributed by atoms with Crippen molar-refractivity contribution in [2.24, 2.45) is 0 Å². The summed E-state index contributed by atoms with van der Waals surface area (Å²) in [4.78, 5) is 4.22. The second kappa shape index (κ2) is 5.12. The largest absolute Gasteiger partial charge is 0.266 e. The van der Waals surface area contributed by atoms with E-state index in [-0.39, 0.29) is 4.90 Å². The van der Waals surface area contributed by atoms with Crippen LogP contribution in [0.15, 0.2) is 41.8 Å². The van der Waals surface area contributed by atoms with Crippen LogP contribution in [0.2, 0.25) is 0 Å². The van der Waals surface area contributed by atoms with Crippen molar-refractivity contribution < 1.29 is 8.42 Å². The highest BCUT2D eigenvalue weighted by atomic mass is 32.2. The summed E-state index contributed by atoms with van der Waals surface area (Å²) in [5.74, 6) is 0.337. The Morgan fingerprint density at radius 3 is 2.91 bits per heavy atom. The predicted molar refractivity (Wildman–Crippen MR) is 78.3 cm³/mol. The van der Waals surface area contributed by atoms with Crippen molar-refractivity contribution in [1.29, 1.82) is 0 Å². The third kappa shape index (κ3) is 2.25. The molecule has 0 fully saturated rings. The monoisotopic (exact) mass is 332 g/mol. The minimum Gasteiger partial charge on any atom is -0.234 e. The van der Waals surface area contributed by atoms with Crippen LogP contribution in [0, 0.1) is 0 Å². The molecule has 0 saturated carbocycles. The van der Waals surface area contributed by atoms with Crippen LogP contribution in [-0.2, 0) is 16.6 Å². The summed E-state index contributed by atoms with van der Waals surface area (Å²) in [6.45, 7) is 1.03. The van der Waals surface area contributed by atoms with E-state index in [0.29, 0.717) is 31.1 Å². The number of rotatable bonds is 3. The molecule has 118 valence electrons. The van der Waals surface area contributed by atoms with E-state index in [1.807, 2.05) is 0 Å². The molecule has 0 spiro atoms. The zero-order valence-electron chi connectivity index (χ0n) is 11.9. The van der Waals surface area contributed by atoms with Crippen molar-refractivity contribution in [3.8, 4) is 5.69 Å². The van der Waals surface area contributed by atoms with E-state index in [0.717, 1.165) is 0 Å². The summed E-state index contributed by atoms with van der Waals surface area (Å²) in [7, 11) is -3.73. The number of tetrazole rings is 1. The number of benzene rings is 1. The highest BCUT2D eigenvalue weighted by molar-refractivity contribution is 7.92. The maximum atomic E-state index is 13.0. The molecule has 1 aromatic carbocycles. The summed E-state index contributed by atoms with van der Waals surface area (Å²) in [6, 6.07) is 6.45. The topological polar surface area (TPSA) is 112 Å². The summed E-state index contributed by atoms with van der Waals surface area (Å²) >= 11 is 0. The maximum absolute atomic E-state index is 13.0. The molecule has 1 aliphatic heterocycles.